The highest BCUT2D eigenvalue weighted by Gasteiger charge is 2.19. The molecule has 0 aliphatic rings. The van der Waals surface area contributed by atoms with Gasteiger partial charge in [0.05, 0.1) is 13.2 Å². The Labute approximate surface area is 90.5 Å². The number of phosphoric ester groups is 1. The third-order valence-corrected chi connectivity index (χ3v) is 2.72. The second kappa shape index (κ2) is 9.27. The molecule has 0 aromatic carbocycles. The van der Waals surface area contributed by atoms with E-state index in [0.29, 0.717) is 25.9 Å². The van der Waals surface area contributed by atoms with Crippen molar-refractivity contribution in [1.82, 2.24) is 0 Å². The number of hydrogen-bond acceptors (Lipinski definition) is 5. The summed E-state index contributed by atoms with van der Waals surface area (Å²) in [5.41, 5.74) is 10.5. The van der Waals surface area contributed by atoms with Crippen LogP contribution in [-0.2, 0) is 13.6 Å². The zero-order valence-corrected chi connectivity index (χ0v) is 9.83. The molecule has 0 atom stereocenters. The van der Waals surface area contributed by atoms with Crippen LogP contribution in [0.25, 0.3) is 0 Å². The summed E-state index contributed by atoms with van der Waals surface area (Å²) in [4.78, 5) is 9.16. The van der Waals surface area contributed by atoms with Crippen LogP contribution >= 0.6 is 7.82 Å². The number of unbranched alkanes of at least 4 members (excludes halogenated alkanes) is 2. The maximum Gasteiger partial charge on any atom is 0.472 e. The van der Waals surface area contributed by atoms with Gasteiger partial charge in [-0.25, -0.2) is 4.57 Å². The van der Waals surface area contributed by atoms with Gasteiger partial charge in [-0.1, -0.05) is 0 Å². The van der Waals surface area contributed by atoms with Gasteiger partial charge in [-0.15, -0.1) is 0 Å². The summed E-state index contributed by atoms with van der Waals surface area (Å²) in [6.07, 6.45) is 2.86. The fourth-order valence-corrected chi connectivity index (χ4v) is 1.68. The summed E-state index contributed by atoms with van der Waals surface area (Å²) >= 11 is 0. The highest BCUT2D eigenvalue weighted by molar-refractivity contribution is 7.47. The van der Waals surface area contributed by atoms with Crippen molar-refractivity contribution in [2.24, 2.45) is 11.5 Å². The fourth-order valence-electron chi connectivity index (χ4n) is 0.890. The van der Waals surface area contributed by atoms with Gasteiger partial charge in [0.25, 0.3) is 0 Å². The first-order valence-corrected chi connectivity index (χ1v) is 6.64. The summed E-state index contributed by atoms with van der Waals surface area (Å²) < 4.78 is 20.6. The lowest BCUT2D eigenvalue weighted by atomic mass is 10.3. The highest BCUT2D eigenvalue weighted by atomic mass is 31.2. The molecule has 6 nitrogen and oxygen atoms in total. The monoisotopic (exact) mass is 240 g/mol. The number of nitrogens with two attached hydrogens (primary N) is 2. The van der Waals surface area contributed by atoms with Gasteiger partial charge >= 0.3 is 7.82 Å². The van der Waals surface area contributed by atoms with Crippen LogP contribution in [0.4, 0.5) is 0 Å². The molecule has 0 rings (SSSR count). The molecule has 0 bridgehead atoms. The van der Waals surface area contributed by atoms with E-state index >= 15 is 0 Å². The summed E-state index contributed by atoms with van der Waals surface area (Å²) in [6, 6.07) is 0. The zero-order chi connectivity index (χ0) is 11.6. The van der Waals surface area contributed by atoms with Crippen LogP contribution in [0.5, 0.6) is 0 Å². The summed E-state index contributed by atoms with van der Waals surface area (Å²) in [5.74, 6) is 0. The largest absolute Gasteiger partial charge is 0.472 e. The second-order valence-electron chi connectivity index (χ2n) is 3.13. The van der Waals surface area contributed by atoms with Gasteiger partial charge < -0.3 is 16.4 Å². The molecule has 0 amide bonds. The van der Waals surface area contributed by atoms with E-state index in [1.165, 1.54) is 0 Å². The van der Waals surface area contributed by atoms with E-state index in [2.05, 4.69) is 0 Å². The van der Waals surface area contributed by atoms with Gasteiger partial charge in [0, 0.05) is 0 Å². The number of hydrogen-bond donors (Lipinski definition) is 3. The molecule has 0 fully saturated rings. The quantitative estimate of drug-likeness (QED) is 0.381. The molecule has 0 saturated carbocycles. The van der Waals surface area contributed by atoms with E-state index in [9.17, 15) is 4.57 Å². The standard InChI is InChI=1S/C8H21N2O4P/c9-5-1-3-7-13-15(11,12)14-8-4-2-6-10/h1-10H2,(H,11,12). The van der Waals surface area contributed by atoms with E-state index in [1.807, 2.05) is 0 Å². The van der Waals surface area contributed by atoms with Gasteiger partial charge in [0.2, 0.25) is 0 Å². The minimum atomic E-state index is -3.85. The second-order valence-corrected chi connectivity index (χ2v) is 4.58. The maximum absolute atomic E-state index is 11.2. The van der Waals surface area contributed by atoms with Crippen LogP contribution in [-0.4, -0.2) is 31.2 Å². The van der Waals surface area contributed by atoms with Gasteiger partial charge in [-0.2, -0.15) is 0 Å². The molecular formula is C8H21N2O4P. The Balaban J connectivity index is 3.45. The first-order chi connectivity index (χ1) is 7.12. The molecule has 0 aromatic heterocycles. The maximum atomic E-state index is 11.2. The molecule has 0 aromatic rings. The third-order valence-electron chi connectivity index (χ3n) is 1.71. The predicted molar refractivity (Wildman–Crippen MR) is 58.3 cm³/mol. The minimum absolute atomic E-state index is 0.196. The van der Waals surface area contributed by atoms with Crippen molar-refractivity contribution in [3.05, 3.63) is 0 Å². The Morgan fingerprint density at radius 1 is 0.933 bits per heavy atom. The molecule has 0 aliphatic carbocycles. The van der Waals surface area contributed by atoms with Crippen molar-refractivity contribution in [3.63, 3.8) is 0 Å². The normalized spacial score (nSPS) is 11.9. The average Bonchev–Trinajstić information content (AvgIpc) is 2.20. The highest BCUT2D eigenvalue weighted by Crippen LogP contribution is 2.43. The van der Waals surface area contributed by atoms with E-state index in [-0.39, 0.29) is 13.2 Å². The first kappa shape index (κ1) is 15.0. The van der Waals surface area contributed by atoms with Gasteiger partial charge in [0.15, 0.2) is 0 Å². The van der Waals surface area contributed by atoms with Crippen LogP contribution in [0.15, 0.2) is 0 Å². The van der Waals surface area contributed by atoms with Gasteiger partial charge in [-0.3, -0.25) is 9.05 Å². The molecule has 5 N–H and O–H groups in total. The van der Waals surface area contributed by atoms with E-state index in [4.69, 9.17) is 25.4 Å². The average molecular weight is 240 g/mol. The van der Waals surface area contributed by atoms with Crippen LogP contribution in [0, 0.1) is 0 Å². The van der Waals surface area contributed by atoms with Crippen molar-refractivity contribution in [2.75, 3.05) is 26.3 Å². The summed E-state index contributed by atoms with van der Waals surface area (Å²) in [7, 11) is -3.85. The smallest absolute Gasteiger partial charge is 0.330 e. The Kier molecular flexibility index (Phi) is 9.29. The first-order valence-electron chi connectivity index (χ1n) is 5.14. The lowest BCUT2D eigenvalue weighted by molar-refractivity contribution is 0.146. The molecular weight excluding hydrogens is 219 g/mol. The minimum Gasteiger partial charge on any atom is -0.330 e. The SMILES string of the molecule is NCCCCOP(=O)(O)OCCCCN. The lowest BCUT2D eigenvalue weighted by Crippen LogP contribution is -2.04. The molecule has 7 heteroatoms. The van der Waals surface area contributed by atoms with E-state index in [0.717, 1.165) is 12.8 Å². The van der Waals surface area contributed by atoms with Crippen molar-refractivity contribution < 1.29 is 18.5 Å². The van der Waals surface area contributed by atoms with Crippen molar-refractivity contribution in [3.8, 4) is 0 Å². The summed E-state index contributed by atoms with van der Waals surface area (Å²) in [5, 5.41) is 0. The molecule has 0 unspecified atom stereocenters. The lowest BCUT2D eigenvalue weighted by Gasteiger charge is -2.11. The zero-order valence-electron chi connectivity index (χ0n) is 8.93. The van der Waals surface area contributed by atoms with Crippen molar-refractivity contribution in [1.29, 1.82) is 0 Å². The molecule has 92 valence electrons. The fraction of sp³-hybridized carbons (Fsp3) is 1.00. The van der Waals surface area contributed by atoms with Crippen molar-refractivity contribution in [2.45, 2.75) is 25.7 Å². The Bertz CT molecular complexity index is 175. The molecule has 0 aliphatic heterocycles. The molecule has 0 saturated heterocycles. The van der Waals surface area contributed by atoms with Crippen LogP contribution in [0.2, 0.25) is 0 Å². The molecule has 0 spiro atoms. The van der Waals surface area contributed by atoms with E-state index in [1.54, 1.807) is 0 Å². The van der Waals surface area contributed by atoms with Crippen LogP contribution in [0.3, 0.4) is 0 Å². The molecule has 15 heavy (non-hydrogen) atoms. The Hall–Kier alpha value is 0.0300. The Morgan fingerprint density at radius 2 is 1.33 bits per heavy atom. The topological polar surface area (TPSA) is 108 Å². The molecule has 0 heterocycles. The third kappa shape index (κ3) is 10.3. The van der Waals surface area contributed by atoms with Crippen LogP contribution in [0.1, 0.15) is 25.7 Å². The number of phosphoric acid groups is 1. The van der Waals surface area contributed by atoms with Crippen LogP contribution < -0.4 is 11.5 Å². The summed E-state index contributed by atoms with van der Waals surface area (Å²) in [6.45, 7) is 1.50. The van der Waals surface area contributed by atoms with Gasteiger partial charge in [-0.05, 0) is 38.8 Å². The Morgan fingerprint density at radius 3 is 1.67 bits per heavy atom. The van der Waals surface area contributed by atoms with E-state index < -0.39 is 7.82 Å². The van der Waals surface area contributed by atoms with Crippen molar-refractivity contribution >= 4 is 7.82 Å². The predicted octanol–water partition coefficient (Wildman–Crippen LogP) is 0.598. The number of rotatable bonds is 10. The van der Waals surface area contributed by atoms with Gasteiger partial charge in [0.1, 0.15) is 0 Å². The molecule has 0 radical (unpaired) electrons.